The van der Waals surface area contributed by atoms with Gasteiger partial charge in [0.25, 0.3) is 0 Å². The standard InChI is InChI=1S/C19H23FN2O/c1-2-3-4-12-21-17-8-10-18(11-9-17)22-19(23)14-15-6-5-7-16(20)13-15/h5-11,13,21H,2-4,12,14H2,1H3,(H,22,23). The molecule has 2 N–H and O–H groups in total. The van der Waals surface area contributed by atoms with Crippen LogP contribution in [0.25, 0.3) is 0 Å². The molecule has 0 unspecified atom stereocenters. The van der Waals surface area contributed by atoms with Crippen molar-refractivity contribution in [3.8, 4) is 0 Å². The molecule has 3 nitrogen and oxygen atoms in total. The Balaban J connectivity index is 1.81. The number of carbonyl (C=O) groups is 1. The van der Waals surface area contributed by atoms with E-state index in [-0.39, 0.29) is 18.1 Å². The third kappa shape index (κ3) is 6.10. The number of benzene rings is 2. The molecule has 0 saturated heterocycles. The fourth-order valence-electron chi connectivity index (χ4n) is 2.32. The highest BCUT2D eigenvalue weighted by molar-refractivity contribution is 5.92. The number of halogens is 1. The van der Waals surface area contributed by atoms with Gasteiger partial charge in [-0.25, -0.2) is 4.39 Å². The van der Waals surface area contributed by atoms with Crippen LogP contribution in [-0.4, -0.2) is 12.5 Å². The number of hydrogen-bond donors (Lipinski definition) is 2. The molecule has 0 radical (unpaired) electrons. The largest absolute Gasteiger partial charge is 0.385 e. The van der Waals surface area contributed by atoms with Gasteiger partial charge < -0.3 is 10.6 Å². The van der Waals surface area contributed by atoms with Gasteiger partial charge in [-0.3, -0.25) is 4.79 Å². The van der Waals surface area contributed by atoms with E-state index in [9.17, 15) is 9.18 Å². The summed E-state index contributed by atoms with van der Waals surface area (Å²) in [6.45, 7) is 3.14. The van der Waals surface area contributed by atoms with Gasteiger partial charge in [-0.1, -0.05) is 31.9 Å². The number of unbranched alkanes of at least 4 members (excludes halogenated alkanes) is 2. The van der Waals surface area contributed by atoms with Crippen molar-refractivity contribution in [1.29, 1.82) is 0 Å². The molecular weight excluding hydrogens is 291 g/mol. The molecule has 0 aliphatic rings. The molecule has 0 aliphatic heterocycles. The minimum atomic E-state index is -0.325. The van der Waals surface area contributed by atoms with Crippen molar-refractivity contribution < 1.29 is 9.18 Å². The molecule has 2 rings (SSSR count). The van der Waals surface area contributed by atoms with Crippen LogP contribution in [0.5, 0.6) is 0 Å². The van der Waals surface area contributed by atoms with E-state index in [4.69, 9.17) is 0 Å². The maximum atomic E-state index is 13.1. The van der Waals surface area contributed by atoms with Crippen LogP contribution >= 0.6 is 0 Å². The van der Waals surface area contributed by atoms with Crippen LogP contribution in [0.3, 0.4) is 0 Å². The Bertz CT molecular complexity index is 626. The summed E-state index contributed by atoms with van der Waals surface area (Å²) < 4.78 is 13.1. The summed E-state index contributed by atoms with van der Waals surface area (Å²) in [7, 11) is 0. The Labute approximate surface area is 136 Å². The lowest BCUT2D eigenvalue weighted by Gasteiger charge is -2.08. The predicted molar refractivity (Wildman–Crippen MR) is 93.2 cm³/mol. The van der Waals surface area contributed by atoms with Gasteiger partial charge >= 0.3 is 0 Å². The molecular formula is C19H23FN2O. The number of hydrogen-bond acceptors (Lipinski definition) is 2. The van der Waals surface area contributed by atoms with E-state index in [0.29, 0.717) is 5.56 Å². The molecule has 0 aromatic heterocycles. The van der Waals surface area contributed by atoms with Crippen molar-refractivity contribution >= 4 is 17.3 Å². The maximum absolute atomic E-state index is 13.1. The van der Waals surface area contributed by atoms with E-state index < -0.39 is 0 Å². The molecule has 0 atom stereocenters. The van der Waals surface area contributed by atoms with Crippen LogP contribution in [0.2, 0.25) is 0 Å². The topological polar surface area (TPSA) is 41.1 Å². The van der Waals surface area contributed by atoms with E-state index >= 15 is 0 Å². The van der Waals surface area contributed by atoms with E-state index in [2.05, 4.69) is 17.6 Å². The Morgan fingerprint density at radius 3 is 2.48 bits per heavy atom. The summed E-state index contributed by atoms with van der Waals surface area (Å²) in [5, 5.41) is 6.18. The smallest absolute Gasteiger partial charge is 0.228 e. The fraction of sp³-hybridized carbons (Fsp3) is 0.316. The second-order valence-corrected chi connectivity index (χ2v) is 5.57. The molecule has 4 heteroatoms. The predicted octanol–water partition coefficient (Wildman–Crippen LogP) is 4.61. The van der Waals surface area contributed by atoms with E-state index in [1.165, 1.54) is 25.0 Å². The molecule has 2 aromatic carbocycles. The normalized spacial score (nSPS) is 10.3. The Morgan fingerprint density at radius 1 is 1.04 bits per heavy atom. The summed E-state index contributed by atoms with van der Waals surface area (Å²) in [6.07, 6.45) is 3.75. The summed E-state index contributed by atoms with van der Waals surface area (Å²) in [5.41, 5.74) is 2.45. The quantitative estimate of drug-likeness (QED) is 0.699. The van der Waals surface area contributed by atoms with Crippen LogP contribution in [0.4, 0.5) is 15.8 Å². The van der Waals surface area contributed by atoms with Crippen LogP contribution in [0.1, 0.15) is 31.7 Å². The molecule has 0 bridgehead atoms. The molecule has 0 heterocycles. The third-order valence-corrected chi connectivity index (χ3v) is 3.53. The number of carbonyl (C=O) groups excluding carboxylic acids is 1. The van der Waals surface area contributed by atoms with Gasteiger partial charge in [0.15, 0.2) is 0 Å². The van der Waals surface area contributed by atoms with Gasteiger partial charge in [0.1, 0.15) is 5.82 Å². The first-order chi connectivity index (χ1) is 11.2. The van der Waals surface area contributed by atoms with Crippen LogP contribution < -0.4 is 10.6 Å². The SMILES string of the molecule is CCCCCNc1ccc(NC(=O)Cc2cccc(F)c2)cc1. The highest BCUT2D eigenvalue weighted by Crippen LogP contribution is 2.14. The molecule has 0 fully saturated rings. The molecule has 2 aromatic rings. The van der Waals surface area contributed by atoms with Gasteiger partial charge in [-0.15, -0.1) is 0 Å². The monoisotopic (exact) mass is 314 g/mol. The highest BCUT2D eigenvalue weighted by atomic mass is 19.1. The van der Waals surface area contributed by atoms with Gasteiger partial charge in [-0.05, 0) is 48.4 Å². The molecule has 1 amide bonds. The average Bonchev–Trinajstić information content (AvgIpc) is 2.53. The van der Waals surface area contributed by atoms with Crippen LogP contribution in [-0.2, 0) is 11.2 Å². The summed E-state index contributed by atoms with van der Waals surface area (Å²) >= 11 is 0. The molecule has 0 aliphatic carbocycles. The maximum Gasteiger partial charge on any atom is 0.228 e. The zero-order valence-electron chi connectivity index (χ0n) is 13.4. The third-order valence-electron chi connectivity index (χ3n) is 3.53. The first-order valence-corrected chi connectivity index (χ1v) is 8.05. The molecule has 23 heavy (non-hydrogen) atoms. The van der Waals surface area contributed by atoms with Crippen molar-refractivity contribution in [2.45, 2.75) is 32.6 Å². The summed E-state index contributed by atoms with van der Waals surface area (Å²) in [6, 6.07) is 13.7. The number of anilines is 2. The molecule has 0 spiro atoms. The minimum absolute atomic E-state index is 0.153. The van der Waals surface area contributed by atoms with E-state index in [0.717, 1.165) is 24.3 Å². The van der Waals surface area contributed by atoms with Crippen LogP contribution in [0, 0.1) is 5.82 Å². The highest BCUT2D eigenvalue weighted by Gasteiger charge is 2.05. The first kappa shape index (κ1) is 17.0. The Hall–Kier alpha value is -2.36. The van der Waals surface area contributed by atoms with Crippen molar-refractivity contribution in [2.75, 3.05) is 17.2 Å². The second-order valence-electron chi connectivity index (χ2n) is 5.57. The minimum Gasteiger partial charge on any atom is -0.385 e. The van der Waals surface area contributed by atoms with Gasteiger partial charge in [0, 0.05) is 17.9 Å². The molecule has 122 valence electrons. The Kier molecular flexibility index (Phi) is 6.60. The summed E-state index contributed by atoms with van der Waals surface area (Å²) in [4.78, 5) is 12.0. The zero-order valence-corrected chi connectivity index (χ0v) is 13.4. The number of nitrogens with one attached hydrogen (secondary N) is 2. The van der Waals surface area contributed by atoms with Crippen molar-refractivity contribution in [1.82, 2.24) is 0 Å². The van der Waals surface area contributed by atoms with E-state index in [1.807, 2.05) is 24.3 Å². The number of amides is 1. The van der Waals surface area contributed by atoms with Crippen LogP contribution in [0.15, 0.2) is 48.5 Å². The fourth-order valence-corrected chi connectivity index (χ4v) is 2.32. The van der Waals surface area contributed by atoms with Gasteiger partial charge in [-0.2, -0.15) is 0 Å². The molecule has 0 saturated carbocycles. The van der Waals surface area contributed by atoms with E-state index in [1.54, 1.807) is 12.1 Å². The van der Waals surface area contributed by atoms with Gasteiger partial charge in [0.05, 0.1) is 6.42 Å². The Morgan fingerprint density at radius 2 is 1.78 bits per heavy atom. The first-order valence-electron chi connectivity index (χ1n) is 8.05. The lowest BCUT2D eigenvalue weighted by Crippen LogP contribution is -2.14. The van der Waals surface area contributed by atoms with Crippen molar-refractivity contribution in [2.24, 2.45) is 0 Å². The number of rotatable bonds is 8. The second kappa shape index (κ2) is 8.93. The lowest BCUT2D eigenvalue weighted by molar-refractivity contribution is -0.115. The van der Waals surface area contributed by atoms with Gasteiger partial charge in [0.2, 0.25) is 5.91 Å². The van der Waals surface area contributed by atoms with Crippen molar-refractivity contribution in [3.63, 3.8) is 0 Å². The zero-order chi connectivity index (χ0) is 16.5. The summed E-state index contributed by atoms with van der Waals surface area (Å²) in [5.74, 6) is -0.479. The average molecular weight is 314 g/mol. The lowest BCUT2D eigenvalue weighted by atomic mass is 10.1. The van der Waals surface area contributed by atoms with Crippen molar-refractivity contribution in [3.05, 3.63) is 59.9 Å².